The van der Waals surface area contributed by atoms with Crippen molar-refractivity contribution in [3.63, 3.8) is 0 Å². The van der Waals surface area contributed by atoms with Gasteiger partial charge >= 0.3 is 5.97 Å². The molecule has 0 radical (unpaired) electrons. The number of aromatic nitrogens is 2. The lowest BCUT2D eigenvalue weighted by Crippen LogP contribution is -2.38. The molecule has 0 spiro atoms. The monoisotopic (exact) mass is 553 g/mol. The average Bonchev–Trinajstić information content (AvgIpc) is 3.29. The van der Waals surface area contributed by atoms with E-state index in [0.29, 0.717) is 40.1 Å². The van der Waals surface area contributed by atoms with Crippen LogP contribution in [0.15, 0.2) is 42.5 Å². The fraction of sp³-hybridized carbons (Fsp3) is 0.467. The molecule has 200 valence electrons. The Morgan fingerprint density at radius 2 is 1.79 bits per heavy atom. The molecular formula is C30H33Cl2N3O3. The second-order valence-electron chi connectivity index (χ2n) is 11.8. The Kier molecular flexibility index (Phi) is 6.69. The second-order valence-corrected chi connectivity index (χ2v) is 12.7. The van der Waals surface area contributed by atoms with Crippen molar-refractivity contribution in [2.75, 3.05) is 11.4 Å². The van der Waals surface area contributed by atoms with Crippen molar-refractivity contribution in [1.82, 2.24) is 10.2 Å². The molecule has 8 heteroatoms. The van der Waals surface area contributed by atoms with Crippen molar-refractivity contribution in [3.8, 4) is 11.3 Å². The van der Waals surface area contributed by atoms with Gasteiger partial charge < -0.3 is 14.4 Å². The zero-order valence-electron chi connectivity index (χ0n) is 22.0. The van der Waals surface area contributed by atoms with Gasteiger partial charge in [-0.3, -0.25) is 5.10 Å². The van der Waals surface area contributed by atoms with E-state index in [0.717, 1.165) is 42.0 Å². The lowest BCUT2D eigenvalue weighted by molar-refractivity contribution is 0.00695. The minimum atomic E-state index is -0.502. The fourth-order valence-electron chi connectivity index (χ4n) is 5.80. The van der Waals surface area contributed by atoms with Gasteiger partial charge in [-0.05, 0) is 100 Å². The number of hydrogen-bond acceptors (Lipinski definition) is 5. The SMILES string of the molecule is CC(C)(C)OC(=O)c1ccc(N2C[C@@H]3C[C@H]2C[C@H]3OCc2cc(-c3c(Cl)cc(C4CC4)cc3Cl)n[nH]2)cc1. The lowest BCUT2D eigenvalue weighted by Gasteiger charge is -2.33. The fourth-order valence-corrected chi connectivity index (χ4v) is 6.50. The topological polar surface area (TPSA) is 67.4 Å². The number of esters is 1. The molecule has 0 unspecified atom stereocenters. The second kappa shape index (κ2) is 9.89. The molecule has 2 saturated carbocycles. The first kappa shape index (κ1) is 25.7. The zero-order chi connectivity index (χ0) is 26.6. The number of nitrogens with zero attached hydrogens (tertiary/aromatic N) is 2. The Morgan fingerprint density at radius 1 is 1.08 bits per heavy atom. The van der Waals surface area contributed by atoms with E-state index in [-0.39, 0.29) is 12.1 Å². The van der Waals surface area contributed by atoms with Crippen LogP contribution in [0.3, 0.4) is 0 Å². The largest absolute Gasteiger partial charge is 0.456 e. The Bertz CT molecular complexity index is 1320. The number of aromatic amines is 1. The molecule has 3 atom stereocenters. The average molecular weight is 555 g/mol. The Morgan fingerprint density at radius 3 is 2.39 bits per heavy atom. The number of ether oxygens (including phenoxy) is 2. The normalized spacial score (nSPS) is 22.8. The number of carbonyl (C=O) groups is 1. The molecule has 6 rings (SSSR count). The molecule has 6 nitrogen and oxygen atoms in total. The van der Waals surface area contributed by atoms with E-state index in [4.69, 9.17) is 32.7 Å². The summed E-state index contributed by atoms with van der Waals surface area (Å²) in [5.74, 6) is 0.783. The lowest BCUT2D eigenvalue weighted by atomic mass is 10.0. The molecule has 3 aromatic rings. The van der Waals surface area contributed by atoms with Crippen LogP contribution < -0.4 is 4.90 Å². The Hall–Kier alpha value is -2.54. The number of anilines is 1. The summed E-state index contributed by atoms with van der Waals surface area (Å²) >= 11 is 13.2. The van der Waals surface area contributed by atoms with Crippen LogP contribution in [0, 0.1) is 5.92 Å². The van der Waals surface area contributed by atoms with E-state index >= 15 is 0 Å². The van der Waals surface area contributed by atoms with Gasteiger partial charge in [-0.25, -0.2) is 4.79 Å². The first-order valence-electron chi connectivity index (χ1n) is 13.4. The molecule has 2 heterocycles. The number of hydrogen-bond donors (Lipinski definition) is 1. The quantitative estimate of drug-likeness (QED) is 0.308. The van der Waals surface area contributed by atoms with Gasteiger partial charge in [-0.15, -0.1) is 0 Å². The maximum absolute atomic E-state index is 12.3. The number of benzene rings is 2. The highest BCUT2D eigenvalue weighted by atomic mass is 35.5. The van der Waals surface area contributed by atoms with E-state index in [1.54, 1.807) is 0 Å². The van der Waals surface area contributed by atoms with Crippen molar-refractivity contribution in [3.05, 3.63) is 69.3 Å². The third kappa shape index (κ3) is 5.31. The summed E-state index contributed by atoms with van der Waals surface area (Å²) in [6.07, 6.45) is 4.73. The van der Waals surface area contributed by atoms with Crippen LogP contribution in [0.25, 0.3) is 11.3 Å². The first-order chi connectivity index (χ1) is 18.1. The Balaban J connectivity index is 1.04. The minimum absolute atomic E-state index is 0.217. The zero-order valence-corrected chi connectivity index (χ0v) is 23.5. The van der Waals surface area contributed by atoms with Gasteiger partial charge in [-0.1, -0.05) is 23.2 Å². The predicted molar refractivity (Wildman–Crippen MR) is 150 cm³/mol. The Labute approximate surface area is 233 Å². The van der Waals surface area contributed by atoms with Crippen LogP contribution in [-0.4, -0.2) is 40.5 Å². The van der Waals surface area contributed by atoms with Crippen molar-refractivity contribution in [2.45, 2.75) is 76.7 Å². The summed E-state index contributed by atoms with van der Waals surface area (Å²) in [5, 5.41) is 8.85. The summed E-state index contributed by atoms with van der Waals surface area (Å²) in [5.41, 5.74) is 4.86. The summed E-state index contributed by atoms with van der Waals surface area (Å²) in [6, 6.07) is 14.2. The molecule has 3 aliphatic rings. The predicted octanol–water partition coefficient (Wildman–Crippen LogP) is 7.40. The van der Waals surface area contributed by atoms with E-state index in [9.17, 15) is 4.79 Å². The van der Waals surface area contributed by atoms with Gasteiger partial charge in [0.25, 0.3) is 0 Å². The van der Waals surface area contributed by atoms with Crippen LogP contribution in [0.5, 0.6) is 0 Å². The third-order valence-corrected chi connectivity index (χ3v) is 8.36. The number of H-pyrrole nitrogens is 1. The molecule has 2 aromatic carbocycles. The van der Waals surface area contributed by atoms with E-state index in [1.807, 2.05) is 63.2 Å². The van der Waals surface area contributed by atoms with Gasteiger partial charge in [0.1, 0.15) is 5.60 Å². The van der Waals surface area contributed by atoms with E-state index < -0.39 is 5.60 Å². The summed E-state index contributed by atoms with van der Waals surface area (Å²) in [4.78, 5) is 14.8. The highest BCUT2D eigenvalue weighted by Crippen LogP contribution is 2.45. The smallest absolute Gasteiger partial charge is 0.338 e. The van der Waals surface area contributed by atoms with Crippen molar-refractivity contribution >= 4 is 34.9 Å². The molecule has 2 aliphatic carbocycles. The van der Waals surface area contributed by atoms with Gasteiger partial charge in [-0.2, -0.15) is 5.10 Å². The molecular weight excluding hydrogens is 521 g/mol. The highest BCUT2D eigenvalue weighted by molar-refractivity contribution is 6.39. The number of fused-ring (bicyclic) bond motifs is 2. The van der Waals surface area contributed by atoms with Crippen LogP contribution in [-0.2, 0) is 16.1 Å². The van der Waals surface area contributed by atoms with Gasteiger partial charge in [0.05, 0.1) is 39.7 Å². The summed E-state index contributed by atoms with van der Waals surface area (Å²) in [6.45, 7) is 7.06. The summed E-state index contributed by atoms with van der Waals surface area (Å²) < 4.78 is 11.8. The number of rotatable bonds is 7. The molecule has 38 heavy (non-hydrogen) atoms. The number of nitrogens with one attached hydrogen (secondary N) is 1. The number of piperidine rings is 1. The minimum Gasteiger partial charge on any atom is -0.456 e. The van der Waals surface area contributed by atoms with E-state index in [2.05, 4.69) is 15.1 Å². The van der Waals surface area contributed by atoms with E-state index in [1.165, 1.54) is 18.4 Å². The maximum atomic E-state index is 12.3. The molecule has 1 N–H and O–H groups in total. The highest BCUT2D eigenvalue weighted by Gasteiger charge is 2.45. The molecule has 0 amide bonds. The van der Waals surface area contributed by atoms with Crippen LogP contribution in [0.2, 0.25) is 10.0 Å². The van der Waals surface area contributed by atoms with Crippen molar-refractivity contribution in [2.24, 2.45) is 5.92 Å². The van der Waals surface area contributed by atoms with Gasteiger partial charge in [0, 0.05) is 29.8 Å². The number of carbonyl (C=O) groups excluding carboxylic acids is 1. The molecule has 1 aromatic heterocycles. The van der Waals surface area contributed by atoms with Gasteiger partial charge in [0.2, 0.25) is 0 Å². The molecule has 3 fully saturated rings. The standard InChI is InChI=1S/C30H33Cl2N3O3/c1-30(2,3)38-29(36)18-6-8-22(9-7-18)35-15-20-10-23(35)14-27(20)37-16-21-13-26(34-33-21)28-24(31)11-19(12-25(28)32)17-4-5-17/h6-9,11-13,17,20,23,27H,4-5,10,14-16H2,1-3H3,(H,33,34)/t20-,23-,27+/m0/s1. The van der Waals surface area contributed by atoms with Crippen molar-refractivity contribution in [1.29, 1.82) is 0 Å². The molecule has 2 bridgehead atoms. The van der Waals surface area contributed by atoms with Crippen LogP contribution >= 0.6 is 23.2 Å². The van der Waals surface area contributed by atoms with Crippen LogP contribution in [0.4, 0.5) is 5.69 Å². The molecule has 1 saturated heterocycles. The third-order valence-electron chi connectivity index (χ3n) is 7.76. The molecule has 1 aliphatic heterocycles. The first-order valence-corrected chi connectivity index (χ1v) is 14.2. The van der Waals surface area contributed by atoms with Crippen molar-refractivity contribution < 1.29 is 14.3 Å². The maximum Gasteiger partial charge on any atom is 0.338 e. The van der Waals surface area contributed by atoms with Gasteiger partial charge in [0.15, 0.2) is 0 Å². The van der Waals surface area contributed by atoms with Crippen LogP contribution in [0.1, 0.15) is 74.0 Å². The number of halogens is 2. The summed E-state index contributed by atoms with van der Waals surface area (Å²) in [7, 11) is 0.